The molecule has 1 aliphatic carbocycles. The highest BCUT2D eigenvalue weighted by Crippen LogP contribution is 2.23. The van der Waals surface area contributed by atoms with E-state index in [2.05, 4.69) is 16.0 Å². The van der Waals surface area contributed by atoms with Crippen LogP contribution in [0.5, 0.6) is 0 Å². The van der Waals surface area contributed by atoms with Crippen LogP contribution < -0.4 is 16.0 Å². The van der Waals surface area contributed by atoms with E-state index in [0.717, 1.165) is 25.7 Å². The lowest BCUT2D eigenvalue weighted by Crippen LogP contribution is -2.49. The Labute approximate surface area is 153 Å². The molecule has 0 heterocycles. The summed E-state index contributed by atoms with van der Waals surface area (Å²) in [7, 11) is 0. The number of rotatable bonds is 7. The van der Waals surface area contributed by atoms with Gasteiger partial charge in [0.25, 0.3) is 0 Å². The van der Waals surface area contributed by atoms with Gasteiger partial charge in [-0.2, -0.15) is 0 Å². The highest BCUT2D eigenvalue weighted by molar-refractivity contribution is 5.86. The predicted molar refractivity (Wildman–Crippen MR) is 97.8 cm³/mol. The molecule has 1 aromatic carbocycles. The molecule has 4 N–H and O–H groups in total. The van der Waals surface area contributed by atoms with Crippen LogP contribution in [0.15, 0.2) is 30.3 Å². The molecule has 1 unspecified atom stereocenters. The van der Waals surface area contributed by atoms with Crippen molar-refractivity contribution in [3.05, 3.63) is 35.9 Å². The number of aliphatic carboxylic acids is 1. The number of carbonyl (C=O) groups is 3. The molecule has 0 aromatic heterocycles. The summed E-state index contributed by atoms with van der Waals surface area (Å²) in [5, 5.41) is 17.6. The Balaban J connectivity index is 1.79. The molecule has 0 saturated heterocycles. The molecule has 1 atom stereocenters. The van der Waals surface area contributed by atoms with E-state index in [0.29, 0.717) is 5.56 Å². The summed E-state index contributed by atoms with van der Waals surface area (Å²) < 4.78 is 0. The normalized spacial score (nSPS) is 17.0. The molecule has 1 aromatic rings. The molecule has 142 valence electrons. The lowest BCUT2D eigenvalue weighted by atomic mass is 9.82. The molecule has 1 saturated carbocycles. The summed E-state index contributed by atoms with van der Waals surface area (Å²) in [5.41, 5.74) is -0.628. The predicted octanol–water partition coefficient (Wildman–Crippen LogP) is 1.78. The van der Waals surface area contributed by atoms with Crippen molar-refractivity contribution in [1.29, 1.82) is 0 Å². The van der Waals surface area contributed by atoms with Crippen molar-refractivity contribution in [1.82, 2.24) is 16.0 Å². The summed E-state index contributed by atoms with van der Waals surface area (Å²) >= 11 is 0. The summed E-state index contributed by atoms with van der Waals surface area (Å²) in [6, 6.07) is 8.56. The minimum Gasteiger partial charge on any atom is -0.481 e. The molecular formula is C19H27N3O4. The van der Waals surface area contributed by atoms with Gasteiger partial charge >= 0.3 is 12.0 Å². The fourth-order valence-corrected chi connectivity index (χ4v) is 3.09. The molecule has 3 amide bonds. The number of benzene rings is 1. The Hall–Kier alpha value is -2.57. The van der Waals surface area contributed by atoms with Crippen molar-refractivity contribution in [2.45, 2.75) is 50.5 Å². The first-order valence-electron chi connectivity index (χ1n) is 9.02. The van der Waals surface area contributed by atoms with Gasteiger partial charge in [0.1, 0.15) is 5.41 Å². The maximum Gasteiger partial charge on any atom is 0.315 e. The van der Waals surface area contributed by atoms with E-state index in [4.69, 9.17) is 0 Å². The van der Waals surface area contributed by atoms with E-state index >= 15 is 0 Å². The number of amides is 3. The van der Waals surface area contributed by atoms with Gasteiger partial charge in [0.15, 0.2) is 0 Å². The summed E-state index contributed by atoms with van der Waals surface area (Å²) in [4.78, 5) is 35.5. The van der Waals surface area contributed by atoms with Crippen LogP contribution in [0.4, 0.5) is 4.79 Å². The Morgan fingerprint density at radius 1 is 1.08 bits per heavy atom. The molecule has 2 rings (SSSR count). The highest BCUT2D eigenvalue weighted by Gasteiger charge is 2.35. The fraction of sp³-hybridized carbons (Fsp3) is 0.526. The number of carboxylic acid groups (broad SMARTS) is 1. The average Bonchev–Trinajstić information content (AvgIpc) is 2.65. The zero-order chi connectivity index (χ0) is 19.0. The first kappa shape index (κ1) is 19.8. The largest absolute Gasteiger partial charge is 0.481 e. The van der Waals surface area contributed by atoms with Crippen molar-refractivity contribution in [3.63, 3.8) is 0 Å². The Bertz CT molecular complexity index is 629. The second kappa shape index (κ2) is 9.22. The van der Waals surface area contributed by atoms with E-state index in [1.54, 1.807) is 37.3 Å². The minimum absolute atomic E-state index is 0.0584. The fourth-order valence-electron chi connectivity index (χ4n) is 3.09. The molecule has 7 heteroatoms. The van der Waals surface area contributed by atoms with Crippen molar-refractivity contribution < 1.29 is 19.5 Å². The van der Waals surface area contributed by atoms with Crippen LogP contribution in [-0.2, 0) is 15.0 Å². The lowest BCUT2D eigenvalue weighted by molar-refractivity contribution is -0.143. The standard InChI is InChI=1S/C19H27N3O4/c1-19(17(24)25,14-8-4-2-5-9-14)13-21-16(23)12-20-18(26)22-15-10-6-3-7-11-15/h2,4-5,8-9,15H,3,6-7,10-13H2,1H3,(H,21,23)(H,24,25)(H2,20,22,26). The van der Waals surface area contributed by atoms with Crippen LogP contribution in [0.25, 0.3) is 0 Å². The zero-order valence-electron chi connectivity index (χ0n) is 15.1. The Kier molecular flexibility index (Phi) is 7.00. The van der Waals surface area contributed by atoms with Gasteiger partial charge in [0.2, 0.25) is 5.91 Å². The van der Waals surface area contributed by atoms with Crippen molar-refractivity contribution in [3.8, 4) is 0 Å². The number of carbonyl (C=O) groups excluding carboxylic acids is 2. The van der Waals surface area contributed by atoms with Crippen LogP contribution in [0.3, 0.4) is 0 Å². The van der Waals surface area contributed by atoms with Crippen LogP contribution >= 0.6 is 0 Å². The lowest BCUT2D eigenvalue weighted by Gasteiger charge is -2.26. The summed E-state index contributed by atoms with van der Waals surface area (Å²) in [6.45, 7) is 1.31. The maximum absolute atomic E-state index is 12.0. The third-order valence-electron chi connectivity index (χ3n) is 4.87. The van der Waals surface area contributed by atoms with Crippen molar-refractivity contribution in [2.75, 3.05) is 13.1 Å². The molecule has 0 spiro atoms. The first-order chi connectivity index (χ1) is 12.4. The number of hydrogen-bond acceptors (Lipinski definition) is 3. The second-order valence-electron chi connectivity index (χ2n) is 6.94. The SMILES string of the molecule is CC(CNC(=O)CNC(=O)NC1CCCCC1)(C(=O)O)c1ccccc1. The average molecular weight is 361 g/mol. The van der Waals surface area contributed by atoms with Crippen LogP contribution in [0, 0.1) is 0 Å². The van der Waals surface area contributed by atoms with E-state index in [9.17, 15) is 19.5 Å². The van der Waals surface area contributed by atoms with Gasteiger partial charge in [0.05, 0.1) is 6.54 Å². The summed E-state index contributed by atoms with van der Waals surface area (Å²) in [6.07, 6.45) is 5.35. The van der Waals surface area contributed by atoms with Gasteiger partial charge in [-0.3, -0.25) is 9.59 Å². The molecular weight excluding hydrogens is 334 g/mol. The minimum atomic E-state index is -1.23. The third kappa shape index (κ3) is 5.47. The van der Waals surface area contributed by atoms with Crippen LogP contribution in [0.2, 0.25) is 0 Å². The number of urea groups is 1. The molecule has 0 radical (unpaired) electrons. The van der Waals surface area contributed by atoms with Crippen LogP contribution in [0.1, 0.15) is 44.6 Å². The molecule has 7 nitrogen and oxygen atoms in total. The van der Waals surface area contributed by atoms with E-state index < -0.39 is 17.3 Å². The number of nitrogens with one attached hydrogen (secondary N) is 3. The topological polar surface area (TPSA) is 108 Å². The maximum atomic E-state index is 12.0. The van der Waals surface area contributed by atoms with Crippen molar-refractivity contribution >= 4 is 17.9 Å². The zero-order valence-corrected chi connectivity index (χ0v) is 15.1. The highest BCUT2D eigenvalue weighted by atomic mass is 16.4. The molecule has 1 aliphatic rings. The van der Waals surface area contributed by atoms with E-state index in [1.165, 1.54) is 6.42 Å². The summed E-state index contributed by atoms with van der Waals surface area (Å²) in [5.74, 6) is -1.45. The van der Waals surface area contributed by atoms with Gasteiger partial charge in [-0.25, -0.2) is 4.79 Å². The second-order valence-corrected chi connectivity index (χ2v) is 6.94. The Morgan fingerprint density at radius 2 is 1.73 bits per heavy atom. The van der Waals surface area contributed by atoms with Crippen LogP contribution in [-0.4, -0.2) is 42.1 Å². The van der Waals surface area contributed by atoms with Gasteiger partial charge in [-0.1, -0.05) is 49.6 Å². The van der Waals surface area contributed by atoms with Crippen molar-refractivity contribution in [2.24, 2.45) is 0 Å². The van der Waals surface area contributed by atoms with Gasteiger partial charge in [0, 0.05) is 12.6 Å². The smallest absolute Gasteiger partial charge is 0.315 e. The monoisotopic (exact) mass is 361 g/mol. The number of hydrogen-bond donors (Lipinski definition) is 4. The quantitative estimate of drug-likeness (QED) is 0.594. The van der Waals surface area contributed by atoms with Gasteiger partial charge in [-0.15, -0.1) is 0 Å². The van der Waals surface area contributed by atoms with Gasteiger partial charge < -0.3 is 21.1 Å². The molecule has 0 bridgehead atoms. The first-order valence-corrected chi connectivity index (χ1v) is 9.02. The third-order valence-corrected chi connectivity index (χ3v) is 4.87. The molecule has 0 aliphatic heterocycles. The van der Waals surface area contributed by atoms with Gasteiger partial charge in [-0.05, 0) is 25.3 Å². The van der Waals surface area contributed by atoms with E-state index in [-0.39, 0.29) is 25.2 Å². The Morgan fingerprint density at radius 3 is 2.35 bits per heavy atom. The number of carboxylic acids is 1. The van der Waals surface area contributed by atoms with E-state index in [1.807, 2.05) is 0 Å². The molecule has 1 fully saturated rings. The molecule has 26 heavy (non-hydrogen) atoms.